The molecule has 2 heterocycles. The van der Waals surface area contributed by atoms with Gasteiger partial charge < -0.3 is 40.3 Å². The minimum atomic E-state index is -3.21. The molecule has 4 N–H and O–H groups in total. The number of hydrogen-bond acceptors (Lipinski definition) is 7. The first kappa shape index (κ1) is 39.0. The van der Waals surface area contributed by atoms with Gasteiger partial charge >= 0.3 is 12.1 Å². The zero-order valence-corrected chi connectivity index (χ0v) is 31.3. The maximum atomic E-state index is 14.5. The lowest BCUT2D eigenvalue weighted by molar-refractivity contribution is -0.142. The number of nitrogens with one attached hydrogen (secondary N) is 3. The van der Waals surface area contributed by atoms with Crippen LogP contribution in [0.5, 0.6) is 0 Å². The van der Waals surface area contributed by atoms with Gasteiger partial charge in [-0.1, -0.05) is 45.1 Å². The Balaban J connectivity index is 1.65. The van der Waals surface area contributed by atoms with E-state index in [4.69, 9.17) is 4.74 Å². The van der Waals surface area contributed by atoms with Gasteiger partial charge in [0.15, 0.2) is 0 Å². The molecule has 4 rings (SSSR count). The molecule has 2 aliphatic heterocycles. The van der Waals surface area contributed by atoms with Crippen LogP contribution in [0.4, 0.5) is 21.0 Å². The summed E-state index contributed by atoms with van der Waals surface area (Å²) >= 11 is 0. The Labute approximate surface area is 296 Å². The Morgan fingerprint density at radius 3 is 2.32 bits per heavy atom. The van der Waals surface area contributed by atoms with Gasteiger partial charge in [-0.15, -0.1) is 13.2 Å². The van der Waals surface area contributed by atoms with Crippen LogP contribution < -0.4 is 20.9 Å². The number of urea groups is 1. The molecule has 50 heavy (non-hydrogen) atoms. The highest BCUT2D eigenvalue weighted by atomic mass is 31.1. The van der Waals surface area contributed by atoms with Gasteiger partial charge in [-0.05, 0) is 70.4 Å². The molecule has 276 valence electrons. The monoisotopic (exact) mass is 714 g/mol. The number of amides is 5. The first-order chi connectivity index (χ1) is 23.4. The molecule has 3 aliphatic rings. The number of para-hydroxylation sites is 2. The van der Waals surface area contributed by atoms with Crippen molar-refractivity contribution < 1.29 is 33.4 Å². The number of ether oxygens (including phenoxy) is 1. The van der Waals surface area contributed by atoms with E-state index in [1.54, 1.807) is 52.5 Å². The highest BCUT2D eigenvalue weighted by Gasteiger charge is 2.59. The van der Waals surface area contributed by atoms with Crippen molar-refractivity contribution in [2.75, 3.05) is 36.4 Å². The van der Waals surface area contributed by atoms with E-state index >= 15 is 0 Å². The highest BCUT2D eigenvalue weighted by Crippen LogP contribution is 2.58. The molecule has 14 heteroatoms. The Bertz CT molecular complexity index is 1480. The van der Waals surface area contributed by atoms with Crippen molar-refractivity contribution >= 4 is 43.3 Å². The average Bonchev–Trinajstić information content (AvgIpc) is 3.58. The molecule has 1 aromatic rings. The number of piperidine rings is 1. The molecule has 0 radical (unpaired) electrons. The number of nitrogens with zero attached hydrogens (tertiary/aromatic N) is 3. The molecule has 1 aliphatic carbocycles. The van der Waals surface area contributed by atoms with Crippen LogP contribution in [-0.4, -0.2) is 93.8 Å². The van der Waals surface area contributed by atoms with E-state index in [0.717, 1.165) is 38.0 Å². The summed E-state index contributed by atoms with van der Waals surface area (Å²) in [6, 6.07) is 4.38. The first-order valence-electron chi connectivity index (χ1n) is 17.4. The van der Waals surface area contributed by atoms with Crippen molar-refractivity contribution in [3.05, 3.63) is 49.6 Å². The fraction of sp³-hybridized carbons (Fsp3) is 0.611. The summed E-state index contributed by atoms with van der Waals surface area (Å²) in [7, 11) is -3.21. The second-order valence-corrected chi connectivity index (χ2v) is 17.1. The molecule has 0 aromatic heterocycles. The SMILES string of the molecule is C=CCN(C(=O)Nc1ccccc1N1CCCCC1)[C@@H]1C[C@@H](C(=O)NC2([PH](=O)O)CC2C=C)N(C(=O)[C@@H](NC(=O)OC(C)(C)C)C(C)(C)C)C1. The number of anilines is 2. The summed E-state index contributed by atoms with van der Waals surface area (Å²) in [5, 5.41) is 7.21. The van der Waals surface area contributed by atoms with Gasteiger partial charge in [0.05, 0.1) is 17.4 Å². The molecular weight excluding hydrogens is 659 g/mol. The second kappa shape index (κ2) is 15.6. The van der Waals surface area contributed by atoms with Gasteiger partial charge in [-0.2, -0.15) is 0 Å². The maximum absolute atomic E-state index is 14.5. The summed E-state index contributed by atoms with van der Waals surface area (Å²) in [5.41, 5.74) is -0.0379. The molecule has 0 spiro atoms. The molecule has 5 amide bonds. The van der Waals surface area contributed by atoms with Crippen LogP contribution in [0.25, 0.3) is 0 Å². The molecule has 13 nitrogen and oxygen atoms in total. The number of carbonyl (C=O) groups excluding carboxylic acids is 4. The van der Waals surface area contributed by atoms with Crippen LogP contribution in [0.1, 0.15) is 73.6 Å². The predicted molar refractivity (Wildman–Crippen MR) is 195 cm³/mol. The lowest BCUT2D eigenvalue weighted by Gasteiger charge is -2.36. The van der Waals surface area contributed by atoms with E-state index in [9.17, 15) is 28.6 Å². The normalized spacial score (nSPS) is 24.7. The minimum absolute atomic E-state index is 0.0271. The maximum Gasteiger partial charge on any atom is 0.408 e. The molecule has 1 aromatic carbocycles. The molecule has 3 unspecified atom stereocenters. The smallest absolute Gasteiger partial charge is 0.408 e. The highest BCUT2D eigenvalue weighted by molar-refractivity contribution is 7.40. The molecule has 1 saturated carbocycles. The largest absolute Gasteiger partial charge is 0.444 e. The second-order valence-electron chi connectivity index (χ2n) is 15.6. The predicted octanol–water partition coefficient (Wildman–Crippen LogP) is 5.09. The number of carbonyl (C=O) groups is 4. The van der Waals surface area contributed by atoms with E-state index in [1.807, 2.05) is 24.3 Å². The van der Waals surface area contributed by atoms with Crippen LogP contribution in [0.15, 0.2) is 49.6 Å². The zero-order valence-electron chi connectivity index (χ0n) is 30.3. The van der Waals surface area contributed by atoms with Crippen LogP contribution in [0.2, 0.25) is 0 Å². The van der Waals surface area contributed by atoms with Crippen molar-refractivity contribution in [1.29, 1.82) is 0 Å². The zero-order chi connectivity index (χ0) is 37.0. The van der Waals surface area contributed by atoms with Gasteiger partial charge in [0.25, 0.3) is 0 Å². The van der Waals surface area contributed by atoms with Crippen LogP contribution in [0.3, 0.4) is 0 Å². The third-order valence-electron chi connectivity index (χ3n) is 9.54. The third-order valence-corrected chi connectivity index (χ3v) is 11.0. The lowest BCUT2D eigenvalue weighted by atomic mass is 9.85. The Morgan fingerprint density at radius 2 is 1.76 bits per heavy atom. The summed E-state index contributed by atoms with van der Waals surface area (Å²) in [4.78, 5) is 70.9. The van der Waals surface area contributed by atoms with Crippen molar-refractivity contribution in [2.45, 2.75) is 103 Å². The number of hydrogen-bond donors (Lipinski definition) is 4. The summed E-state index contributed by atoms with van der Waals surface area (Å²) in [5.74, 6) is -1.54. The number of alkyl carbamates (subject to hydrolysis) is 1. The number of benzene rings is 1. The van der Waals surface area contributed by atoms with Crippen LogP contribution >= 0.6 is 8.03 Å². The standard InChI is InChI=1S/C36H55N6O7P/c1-9-18-41(32(45)37-26-16-12-13-17-27(26)40-19-14-11-15-20-40)25-21-28(30(43)39-36(50(47)48)22-24(36)10-2)42(23-25)31(44)29(34(3,4)5)38-33(46)49-35(6,7)8/h9-10,12-13,16-17,24-25,28-29,50H,1-2,11,14-15,18-23H2,3-8H3,(H,37,45)(H,38,46)(H,39,43)(H,47,48)/t24?,25-,28+,29-,36?/m1/s1. The molecule has 2 saturated heterocycles. The quantitative estimate of drug-likeness (QED) is 0.182. The topological polar surface area (TPSA) is 161 Å². The van der Waals surface area contributed by atoms with E-state index in [0.29, 0.717) is 5.69 Å². The van der Waals surface area contributed by atoms with Crippen molar-refractivity contribution in [3.63, 3.8) is 0 Å². The lowest BCUT2D eigenvalue weighted by Crippen LogP contribution is -2.59. The van der Waals surface area contributed by atoms with Crippen LogP contribution in [0, 0.1) is 11.3 Å². The van der Waals surface area contributed by atoms with Gasteiger partial charge in [0.1, 0.15) is 23.0 Å². The molecule has 0 bridgehead atoms. The van der Waals surface area contributed by atoms with Crippen molar-refractivity contribution in [2.24, 2.45) is 11.3 Å². The van der Waals surface area contributed by atoms with E-state index in [1.165, 1.54) is 11.0 Å². The Kier molecular flexibility index (Phi) is 12.2. The Hall–Kier alpha value is -3.83. The first-order valence-corrected chi connectivity index (χ1v) is 18.8. The van der Waals surface area contributed by atoms with Crippen molar-refractivity contribution in [1.82, 2.24) is 20.4 Å². The van der Waals surface area contributed by atoms with E-state index < -0.39 is 66.4 Å². The Morgan fingerprint density at radius 1 is 1.10 bits per heavy atom. The summed E-state index contributed by atoms with van der Waals surface area (Å²) in [6.45, 7) is 20.0. The van der Waals surface area contributed by atoms with Gasteiger partial charge in [0, 0.05) is 32.1 Å². The fourth-order valence-corrected chi connectivity index (χ4v) is 7.86. The summed E-state index contributed by atoms with van der Waals surface area (Å²) < 4.78 is 17.9. The molecule has 3 fully saturated rings. The van der Waals surface area contributed by atoms with Gasteiger partial charge in [-0.25, -0.2) is 9.59 Å². The van der Waals surface area contributed by atoms with Crippen molar-refractivity contribution in [3.8, 4) is 0 Å². The van der Waals surface area contributed by atoms with E-state index in [-0.39, 0.29) is 31.8 Å². The molecular formula is C36H55N6O7P. The minimum Gasteiger partial charge on any atom is -0.444 e. The fourth-order valence-electron chi connectivity index (χ4n) is 6.80. The van der Waals surface area contributed by atoms with Gasteiger partial charge in [-0.3, -0.25) is 14.2 Å². The van der Waals surface area contributed by atoms with Gasteiger partial charge in [0.2, 0.25) is 19.8 Å². The molecule has 6 atom stereocenters. The number of rotatable bonds is 11. The third kappa shape index (κ3) is 9.09. The van der Waals surface area contributed by atoms with Crippen LogP contribution in [-0.2, 0) is 18.9 Å². The summed E-state index contributed by atoms with van der Waals surface area (Å²) in [6.07, 6.45) is 5.95. The average molecular weight is 715 g/mol. The number of likely N-dealkylation sites (tertiary alicyclic amines) is 1. The van der Waals surface area contributed by atoms with E-state index in [2.05, 4.69) is 34.0 Å².